The normalized spacial score (nSPS) is 24.9. The highest BCUT2D eigenvalue weighted by Crippen LogP contribution is 2.29. The number of hydrogen-bond donors (Lipinski definition) is 1. The summed E-state index contributed by atoms with van der Waals surface area (Å²) in [5, 5.41) is 7.74. The molecule has 1 saturated carbocycles. The van der Waals surface area contributed by atoms with Gasteiger partial charge in [0.1, 0.15) is 0 Å². The number of nitrogens with zero attached hydrogens (tertiary/aromatic N) is 2. The lowest BCUT2D eigenvalue weighted by atomic mass is 9.82. The molecule has 0 spiro atoms. The first-order chi connectivity index (χ1) is 7.28. The second-order valence-electron chi connectivity index (χ2n) is 4.40. The van der Waals surface area contributed by atoms with Crippen LogP contribution in [-0.4, -0.2) is 29.5 Å². The van der Waals surface area contributed by atoms with Crippen molar-refractivity contribution in [3.63, 3.8) is 0 Å². The van der Waals surface area contributed by atoms with E-state index >= 15 is 0 Å². The molecule has 1 aliphatic carbocycles. The Balaban J connectivity index is 1.79. The van der Waals surface area contributed by atoms with Crippen LogP contribution in [0.1, 0.15) is 19.8 Å². The minimum Gasteiger partial charge on any atom is -0.383 e. The van der Waals surface area contributed by atoms with E-state index in [1.807, 2.05) is 17.1 Å². The van der Waals surface area contributed by atoms with E-state index in [2.05, 4.69) is 17.3 Å². The zero-order valence-corrected chi connectivity index (χ0v) is 9.44. The van der Waals surface area contributed by atoms with E-state index in [0.717, 1.165) is 18.2 Å². The van der Waals surface area contributed by atoms with E-state index in [1.54, 1.807) is 7.11 Å². The molecular formula is C11H19N3O. The fourth-order valence-corrected chi connectivity index (χ4v) is 2.00. The molecular weight excluding hydrogens is 190 g/mol. The van der Waals surface area contributed by atoms with E-state index in [1.165, 1.54) is 12.8 Å². The summed E-state index contributed by atoms with van der Waals surface area (Å²) in [6, 6.07) is 0.653. The first-order valence-electron chi connectivity index (χ1n) is 5.56. The molecule has 0 aliphatic heterocycles. The van der Waals surface area contributed by atoms with Crippen molar-refractivity contribution in [3.8, 4) is 0 Å². The zero-order chi connectivity index (χ0) is 10.7. The molecule has 0 amide bonds. The number of nitrogens with one attached hydrogen (secondary N) is 1. The van der Waals surface area contributed by atoms with Crippen LogP contribution in [0, 0.1) is 5.92 Å². The maximum Gasteiger partial charge on any atom is 0.0728 e. The van der Waals surface area contributed by atoms with Crippen molar-refractivity contribution in [2.45, 2.75) is 32.4 Å². The lowest BCUT2D eigenvalue weighted by Crippen LogP contribution is -2.33. The Hall–Kier alpha value is -1.03. The van der Waals surface area contributed by atoms with Gasteiger partial charge in [-0.05, 0) is 18.8 Å². The Morgan fingerprint density at radius 3 is 3.07 bits per heavy atom. The average Bonchev–Trinajstić information content (AvgIpc) is 2.60. The molecule has 0 bridgehead atoms. The molecule has 84 valence electrons. The molecule has 1 aromatic rings. The highest BCUT2D eigenvalue weighted by atomic mass is 16.5. The van der Waals surface area contributed by atoms with Gasteiger partial charge in [-0.3, -0.25) is 4.68 Å². The van der Waals surface area contributed by atoms with Gasteiger partial charge in [-0.1, -0.05) is 6.92 Å². The molecule has 15 heavy (non-hydrogen) atoms. The molecule has 1 aromatic heterocycles. The summed E-state index contributed by atoms with van der Waals surface area (Å²) in [7, 11) is 1.71. The van der Waals surface area contributed by atoms with Crippen LogP contribution >= 0.6 is 0 Å². The molecule has 0 unspecified atom stereocenters. The largest absolute Gasteiger partial charge is 0.383 e. The molecule has 0 atom stereocenters. The highest BCUT2D eigenvalue weighted by molar-refractivity contribution is 5.39. The first kappa shape index (κ1) is 10.5. The summed E-state index contributed by atoms with van der Waals surface area (Å²) in [5.41, 5.74) is 1.13. The summed E-state index contributed by atoms with van der Waals surface area (Å²) in [4.78, 5) is 0. The second kappa shape index (κ2) is 4.66. The van der Waals surface area contributed by atoms with Crippen LogP contribution in [0.15, 0.2) is 12.4 Å². The van der Waals surface area contributed by atoms with E-state index < -0.39 is 0 Å². The van der Waals surface area contributed by atoms with E-state index in [-0.39, 0.29) is 0 Å². The Kier molecular flexibility index (Phi) is 3.26. The molecule has 1 aliphatic rings. The zero-order valence-electron chi connectivity index (χ0n) is 9.44. The third kappa shape index (κ3) is 2.72. The molecule has 1 fully saturated rings. The van der Waals surface area contributed by atoms with Gasteiger partial charge in [-0.25, -0.2) is 0 Å². The number of rotatable bonds is 5. The minimum atomic E-state index is 0.653. The predicted molar refractivity (Wildman–Crippen MR) is 59.9 cm³/mol. The molecule has 0 aromatic carbocycles. The SMILES string of the molecule is COCCn1cc(NC2CC(C)C2)cn1. The molecule has 4 nitrogen and oxygen atoms in total. The number of anilines is 1. The van der Waals surface area contributed by atoms with Gasteiger partial charge in [0.05, 0.1) is 25.0 Å². The van der Waals surface area contributed by atoms with Crippen LogP contribution in [0.3, 0.4) is 0 Å². The highest BCUT2D eigenvalue weighted by Gasteiger charge is 2.25. The molecule has 0 radical (unpaired) electrons. The van der Waals surface area contributed by atoms with Crippen LogP contribution in [0.2, 0.25) is 0 Å². The molecule has 0 saturated heterocycles. The van der Waals surface area contributed by atoms with Crippen molar-refractivity contribution >= 4 is 5.69 Å². The fourth-order valence-electron chi connectivity index (χ4n) is 2.00. The number of ether oxygens (including phenoxy) is 1. The number of methoxy groups -OCH3 is 1. The Morgan fingerprint density at radius 2 is 2.40 bits per heavy atom. The number of aromatic nitrogens is 2. The third-order valence-electron chi connectivity index (χ3n) is 2.90. The van der Waals surface area contributed by atoms with Crippen LogP contribution in [-0.2, 0) is 11.3 Å². The number of hydrogen-bond acceptors (Lipinski definition) is 3. The lowest BCUT2D eigenvalue weighted by Gasteiger charge is -2.33. The van der Waals surface area contributed by atoms with Gasteiger partial charge in [-0.15, -0.1) is 0 Å². The van der Waals surface area contributed by atoms with E-state index in [0.29, 0.717) is 12.6 Å². The van der Waals surface area contributed by atoms with E-state index in [4.69, 9.17) is 4.74 Å². The van der Waals surface area contributed by atoms with Gasteiger partial charge in [0.2, 0.25) is 0 Å². The maximum absolute atomic E-state index is 5.00. The molecule has 2 rings (SSSR count). The molecule has 1 heterocycles. The van der Waals surface area contributed by atoms with Crippen molar-refractivity contribution in [2.75, 3.05) is 19.0 Å². The fraction of sp³-hybridized carbons (Fsp3) is 0.727. The van der Waals surface area contributed by atoms with Crippen LogP contribution in [0.5, 0.6) is 0 Å². The maximum atomic E-state index is 5.00. The summed E-state index contributed by atoms with van der Waals surface area (Å²) in [5.74, 6) is 0.881. The second-order valence-corrected chi connectivity index (χ2v) is 4.40. The topological polar surface area (TPSA) is 39.1 Å². The summed E-state index contributed by atoms with van der Waals surface area (Å²) >= 11 is 0. The van der Waals surface area contributed by atoms with Crippen molar-refractivity contribution in [1.82, 2.24) is 9.78 Å². The lowest BCUT2D eigenvalue weighted by molar-refractivity contribution is 0.183. The van der Waals surface area contributed by atoms with E-state index in [9.17, 15) is 0 Å². The van der Waals surface area contributed by atoms with Crippen LogP contribution < -0.4 is 5.32 Å². The van der Waals surface area contributed by atoms with Crippen molar-refractivity contribution < 1.29 is 4.74 Å². The monoisotopic (exact) mass is 209 g/mol. The Bertz CT molecular complexity index is 305. The van der Waals surface area contributed by atoms with Gasteiger partial charge < -0.3 is 10.1 Å². The first-order valence-corrected chi connectivity index (χ1v) is 5.56. The Morgan fingerprint density at radius 1 is 1.60 bits per heavy atom. The predicted octanol–water partition coefficient (Wildman–Crippen LogP) is 1.74. The van der Waals surface area contributed by atoms with Crippen LogP contribution in [0.4, 0.5) is 5.69 Å². The van der Waals surface area contributed by atoms with Crippen molar-refractivity contribution in [2.24, 2.45) is 5.92 Å². The van der Waals surface area contributed by atoms with Crippen molar-refractivity contribution in [3.05, 3.63) is 12.4 Å². The quantitative estimate of drug-likeness (QED) is 0.803. The average molecular weight is 209 g/mol. The van der Waals surface area contributed by atoms with Gasteiger partial charge in [-0.2, -0.15) is 5.10 Å². The molecule has 4 heteroatoms. The summed E-state index contributed by atoms with van der Waals surface area (Å²) in [6.45, 7) is 3.82. The van der Waals surface area contributed by atoms with Crippen LogP contribution in [0.25, 0.3) is 0 Å². The Labute approximate surface area is 90.6 Å². The van der Waals surface area contributed by atoms with Crippen molar-refractivity contribution in [1.29, 1.82) is 0 Å². The standard InChI is InChI=1S/C11H19N3O/c1-9-5-10(6-9)13-11-7-12-14(8-11)3-4-15-2/h7-10,13H,3-6H2,1-2H3. The smallest absolute Gasteiger partial charge is 0.0728 e. The van der Waals surface area contributed by atoms with Gasteiger partial charge in [0.25, 0.3) is 0 Å². The van der Waals surface area contributed by atoms with Gasteiger partial charge in [0.15, 0.2) is 0 Å². The minimum absolute atomic E-state index is 0.653. The third-order valence-corrected chi connectivity index (χ3v) is 2.90. The van der Waals surface area contributed by atoms with Gasteiger partial charge >= 0.3 is 0 Å². The summed E-state index contributed by atoms with van der Waals surface area (Å²) in [6.07, 6.45) is 6.49. The van der Waals surface area contributed by atoms with Gasteiger partial charge in [0, 0.05) is 19.3 Å². The molecule has 1 N–H and O–H groups in total. The summed E-state index contributed by atoms with van der Waals surface area (Å²) < 4.78 is 6.91.